The number of halogens is 2. The van der Waals surface area contributed by atoms with E-state index < -0.39 is 23.3 Å². The van der Waals surface area contributed by atoms with E-state index >= 15 is 0 Å². The Hall–Kier alpha value is -1.11. The molecule has 2 aliphatic rings. The van der Waals surface area contributed by atoms with Gasteiger partial charge in [-0.3, -0.25) is 0 Å². The average Bonchev–Trinajstić information content (AvgIpc) is 2.82. The second-order valence-electron chi connectivity index (χ2n) is 5.11. The summed E-state index contributed by atoms with van der Waals surface area (Å²) >= 11 is 0. The monoisotopic (exact) mass is 271 g/mol. The maximum absolute atomic E-state index is 13.7. The van der Waals surface area contributed by atoms with Crippen LogP contribution in [0, 0.1) is 11.9 Å². The van der Waals surface area contributed by atoms with Gasteiger partial charge < -0.3 is 14.6 Å². The van der Waals surface area contributed by atoms with E-state index in [9.17, 15) is 13.9 Å². The lowest BCUT2D eigenvalue weighted by atomic mass is 9.77. The zero-order valence-electron chi connectivity index (χ0n) is 10.4. The molecule has 1 aliphatic heterocycles. The van der Waals surface area contributed by atoms with E-state index in [0.29, 0.717) is 38.9 Å². The van der Waals surface area contributed by atoms with E-state index in [2.05, 4.69) is 4.98 Å². The van der Waals surface area contributed by atoms with E-state index in [4.69, 9.17) is 9.47 Å². The van der Waals surface area contributed by atoms with Crippen LogP contribution in [0.3, 0.4) is 0 Å². The fourth-order valence-corrected chi connectivity index (χ4v) is 2.86. The number of rotatable bonds is 1. The molecule has 1 N–H and O–H groups in total. The molecule has 0 atom stereocenters. The molecule has 0 radical (unpaired) electrons. The van der Waals surface area contributed by atoms with Crippen LogP contribution < -0.4 is 0 Å². The summed E-state index contributed by atoms with van der Waals surface area (Å²) in [6, 6.07) is 2.31. The van der Waals surface area contributed by atoms with E-state index in [1.54, 1.807) is 0 Å². The number of nitrogens with zero attached hydrogens (tertiary/aromatic N) is 1. The van der Waals surface area contributed by atoms with Crippen LogP contribution in [0.25, 0.3) is 0 Å². The van der Waals surface area contributed by atoms with Gasteiger partial charge in [-0.25, -0.2) is 0 Å². The first-order valence-electron chi connectivity index (χ1n) is 6.36. The topological polar surface area (TPSA) is 51.6 Å². The van der Waals surface area contributed by atoms with Crippen LogP contribution in [0.4, 0.5) is 8.78 Å². The van der Waals surface area contributed by atoms with E-state index in [1.807, 2.05) is 0 Å². The molecule has 1 aromatic rings. The van der Waals surface area contributed by atoms with Gasteiger partial charge in [-0.2, -0.15) is 13.8 Å². The lowest BCUT2D eigenvalue weighted by Crippen LogP contribution is -2.42. The highest BCUT2D eigenvalue weighted by Crippen LogP contribution is 2.45. The normalized spacial score (nSPS) is 24.8. The Bertz CT molecular complexity index is 479. The minimum absolute atomic E-state index is 0.0433. The third-order valence-corrected chi connectivity index (χ3v) is 3.97. The summed E-state index contributed by atoms with van der Waals surface area (Å²) in [5.74, 6) is -2.47. The van der Waals surface area contributed by atoms with Crippen LogP contribution in [-0.4, -0.2) is 29.1 Å². The predicted octanol–water partition coefficient (Wildman–Crippen LogP) is 1.86. The van der Waals surface area contributed by atoms with Gasteiger partial charge in [0, 0.05) is 18.4 Å². The van der Waals surface area contributed by atoms with Crippen molar-refractivity contribution in [3.05, 3.63) is 29.6 Å². The Balaban J connectivity index is 1.81. The first-order chi connectivity index (χ1) is 9.03. The van der Waals surface area contributed by atoms with Crippen LogP contribution in [-0.2, 0) is 15.1 Å². The largest absolute Gasteiger partial charge is 0.385 e. The van der Waals surface area contributed by atoms with Gasteiger partial charge in [0.1, 0.15) is 0 Å². The summed E-state index contributed by atoms with van der Waals surface area (Å²) in [4.78, 5) is 3.13. The highest BCUT2D eigenvalue weighted by atomic mass is 19.1. The van der Waals surface area contributed by atoms with Gasteiger partial charge in [0.05, 0.1) is 18.8 Å². The fourth-order valence-electron chi connectivity index (χ4n) is 2.86. The van der Waals surface area contributed by atoms with Crippen LogP contribution >= 0.6 is 0 Å². The molecule has 19 heavy (non-hydrogen) atoms. The van der Waals surface area contributed by atoms with E-state index in [0.717, 1.165) is 6.07 Å². The maximum atomic E-state index is 13.7. The number of aromatic nitrogens is 1. The van der Waals surface area contributed by atoms with Crippen LogP contribution in [0.1, 0.15) is 31.2 Å². The smallest absolute Gasteiger partial charge is 0.221 e. The average molecular weight is 271 g/mol. The lowest BCUT2D eigenvalue weighted by molar-refractivity contribution is -0.204. The minimum Gasteiger partial charge on any atom is -0.385 e. The van der Waals surface area contributed by atoms with Crippen molar-refractivity contribution in [2.45, 2.75) is 37.1 Å². The molecule has 2 heterocycles. The molecule has 2 fully saturated rings. The molecule has 0 unspecified atom stereocenters. The van der Waals surface area contributed by atoms with Crippen molar-refractivity contribution >= 4 is 0 Å². The summed E-state index contributed by atoms with van der Waals surface area (Å²) in [6.07, 6.45) is 1.58. The summed E-state index contributed by atoms with van der Waals surface area (Å²) in [7, 11) is 0. The molecule has 1 saturated carbocycles. The van der Waals surface area contributed by atoms with Crippen molar-refractivity contribution in [3.8, 4) is 0 Å². The van der Waals surface area contributed by atoms with Gasteiger partial charge in [-0.05, 0) is 25.0 Å². The Morgan fingerprint density at radius 2 is 1.68 bits per heavy atom. The van der Waals surface area contributed by atoms with Crippen LogP contribution in [0.5, 0.6) is 0 Å². The third-order valence-electron chi connectivity index (χ3n) is 3.97. The van der Waals surface area contributed by atoms with Crippen molar-refractivity contribution in [1.29, 1.82) is 0 Å². The molecule has 0 bridgehead atoms. The van der Waals surface area contributed by atoms with E-state index in [1.165, 1.54) is 6.07 Å². The number of aliphatic hydroxyl groups is 1. The predicted molar refractivity (Wildman–Crippen MR) is 61.2 cm³/mol. The second kappa shape index (κ2) is 4.47. The molecular weight excluding hydrogens is 256 g/mol. The first-order valence-corrected chi connectivity index (χ1v) is 6.36. The van der Waals surface area contributed by atoms with Crippen molar-refractivity contribution in [1.82, 2.24) is 4.98 Å². The first kappa shape index (κ1) is 12.9. The Labute approximate surface area is 109 Å². The Kier molecular flexibility index (Phi) is 3.03. The molecule has 1 aliphatic carbocycles. The SMILES string of the molecule is OC1(c2ccc(F)nc2F)CCC2(CC1)OCCO2. The summed E-state index contributed by atoms with van der Waals surface area (Å²) in [5, 5.41) is 10.5. The van der Waals surface area contributed by atoms with Crippen molar-refractivity contribution < 1.29 is 23.4 Å². The van der Waals surface area contributed by atoms with Crippen LogP contribution in [0.15, 0.2) is 12.1 Å². The number of pyridine rings is 1. The molecule has 0 amide bonds. The van der Waals surface area contributed by atoms with E-state index in [-0.39, 0.29) is 5.56 Å². The maximum Gasteiger partial charge on any atom is 0.221 e. The summed E-state index contributed by atoms with van der Waals surface area (Å²) in [6.45, 7) is 1.09. The number of ether oxygens (including phenoxy) is 2. The third kappa shape index (κ3) is 2.24. The zero-order valence-corrected chi connectivity index (χ0v) is 10.4. The van der Waals surface area contributed by atoms with Crippen molar-refractivity contribution in [2.24, 2.45) is 0 Å². The Morgan fingerprint density at radius 1 is 1.05 bits per heavy atom. The van der Waals surface area contributed by atoms with Gasteiger partial charge >= 0.3 is 0 Å². The van der Waals surface area contributed by atoms with Crippen molar-refractivity contribution in [2.75, 3.05) is 13.2 Å². The molecular formula is C13H15F2NO3. The highest BCUT2D eigenvalue weighted by molar-refractivity contribution is 5.21. The fraction of sp³-hybridized carbons (Fsp3) is 0.615. The molecule has 1 spiro atoms. The molecule has 104 valence electrons. The summed E-state index contributed by atoms with van der Waals surface area (Å²) in [5.41, 5.74) is -1.28. The molecule has 6 heteroatoms. The van der Waals surface area contributed by atoms with Crippen LogP contribution in [0.2, 0.25) is 0 Å². The second-order valence-corrected chi connectivity index (χ2v) is 5.11. The van der Waals surface area contributed by atoms with Gasteiger partial charge in [0.2, 0.25) is 11.9 Å². The molecule has 1 aromatic heterocycles. The van der Waals surface area contributed by atoms with Crippen molar-refractivity contribution in [3.63, 3.8) is 0 Å². The molecule has 4 nitrogen and oxygen atoms in total. The quantitative estimate of drug-likeness (QED) is 0.792. The standard InChI is InChI=1S/C13H15F2NO3/c14-10-2-1-9(11(15)16-10)12(17)3-5-13(6-4-12)18-7-8-19-13/h1-2,17H,3-8H2. The van der Waals surface area contributed by atoms with Gasteiger partial charge in [0.15, 0.2) is 5.79 Å². The molecule has 0 aromatic carbocycles. The molecule has 1 saturated heterocycles. The van der Waals surface area contributed by atoms with Gasteiger partial charge in [-0.1, -0.05) is 0 Å². The lowest BCUT2D eigenvalue weighted by Gasteiger charge is -2.40. The Morgan fingerprint density at radius 3 is 2.26 bits per heavy atom. The minimum atomic E-state index is -1.33. The summed E-state index contributed by atoms with van der Waals surface area (Å²) < 4.78 is 37.6. The molecule has 3 rings (SSSR count). The van der Waals surface area contributed by atoms with Gasteiger partial charge in [0.25, 0.3) is 0 Å². The number of hydrogen-bond acceptors (Lipinski definition) is 4. The number of hydrogen-bond donors (Lipinski definition) is 1. The highest BCUT2D eigenvalue weighted by Gasteiger charge is 2.47. The van der Waals surface area contributed by atoms with Gasteiger partial charge in [-0.15, -0.1) is 0 Å². The zero-order chi connectivity index (χ0) is 13.5.